The van der Waals surface area contributed by atoms with Crippen molar-refractivity contribution in [3.8, 4) is 0 Å². The summed E-state index contributed by atoms with van der Waals surface area (Å²) in [6.45, 7) is 1.60. The Bertz CT molecular complexity index is 1050. The minimum atomic E-state index is -4.50. The smallest absolute Gasteiger partial charge is 0.389 e. The van der Waals surface area contributed by atoms with Crippen LogP contribution in [0.4, 0.5) is 24.7 Å². The first-order valence-corrected chi connectivity index (χ1v) is 10.2. The molecule has 0 aliphatic carbocycles. The molecule has 2 aromatic heterocycles. The van der Waals surface area contributed by atoms with Crippen molar-refractivity contribution in [1.82, 2.24) is 9.78 Å². The molecule has 0 radical (unpaired) electrons. The number of thiophene rings is 1. The predicted octanol–water partition coefficient (Wildman–Crippen LogP) is 4.91. The van der Waals surface area contributed by atoms with Gasteiger partial charge in [0.1, 0.15) is 11.4 Å². The van der Waals surface area contributed by atoms with Crippen molar-refractivity contribution < 1.29 is 23.1 Å². The quantitative estimate of drug-likeness (QED) is 0.543. The van der Waals surface area contributed by atoms with Gasteiger partial charge in [0.15, 0.2) is 6.04 Å². The van der Waals surface area contributed by atoms with Crippen LogP contribution >= 0.6 is 11.3 Å². The Morgan fingerprint density at radius 2 is 2.17 bits per heavy atom. The van der Waals surface area contributed by atoms with Gasteiger partial charge in [-0.25, -0.2) is 4.68 Å². The number of aromatic nitrogens is 2. The van der Waals surface area contributed by atoms with Gasteiger partial charge in [-0.05, 0) is 36.1 Å². The molecule has 1 aliphatic heterocycles. The van der Waals surface area contributed by atoms with E-state index in [0.717, 1.165) is 15.8 Å². The van der Waals surface area contributed by atoms with E-state index in [-0.39, 0.29) is 17.8 Å². The van der Waals surface area contributed by atoms with Crippen LogP contribution in [0.1, 0.15) is 52.3 Å². The number of aliphatic hydroxyl groups is 1. The van der Waals surface area contributed by atoms with Gasteiger partial charge in [0.2, 0.25) is 0 Å². The van der Waals surface area contributed by atoms with E-state index in [1.165, 1.54) is 11.3 Å². The van der Waals surface area contributed by atoms with E-state index in [1.54, 1.807) is 48.7 Å². The molecule has 0 bridgehead atoms. The third-order valence-electron chi connectivity index (χ3n) is 5.00. The first-order chi connectivity index (χ1) is 14.2. The third kappa shape index (κ3) is 3.92. The van der Waals surface area contributed by atoms with Gasteiger partial charge in [-0.2, -0.15) is 18.3 Å². The summed E-state index contributed by atoms with van der Waals surface area (Å²) in [4.78, 5) is 13.6. The van der Waals surface area contributed by atoms with E-state index >= 15 is 0 Å². The first kappa shape index (κ1) is 20.4. The van der Waals surface area contributed by atoms with Crippen molar-refractivity contribution in [1.29, 1.82) is 0 Å². The Kier molecular flexibility index (Phi) is 5.29. The van der Waals surface area contributed by atoms with Crippen molar-refractivity contribution in [2.75, 3.05) is 10.6 Å². The lowest BCUT2D eigenvalue weighted by Crippen LogP contribution is -2.36. The molecule has 1 aliphatic rings. The molecule has 10 heteroatoms. The van der Waals surface area contributed by atoms with Gasteiger partial charge in [0.05, 0.1) is 18.3 Å². The van der Waals surface area contributed by atoms with Crippen LogP contribution in [0.15, 0.2) is 48.0 Å². The Balaban J connectivity index is 1.66. The van der Waals surface area contributed by atoms with Crippen LogP contribution in [-0.2, 0) is 0 Å². The number of halogens is 3. The van der Waals surface area contributed by atoms with Crippen molar-refractivity contribution in [2.24, 2.45) is 0 Å². The number of anilines is 2. The molecule has 0 saturated heterocycles. The molecule has 0 spiro atoms. The van der Waals surface area contributed by atoms with Gasteiger partial charge in [0.25, 0.3) is 5.91 Å². The lowest BCUT2D eigenvalue weighted by Gasteiger charge is -2.33. The topological polar surface area (TPSA) is 79.2 Å². The molecule has 0 fully saturated rings. The number of fused-ring (bicyclic) bond motifs is 1. The molecule has 0 unspecified atom stereocenters. The van der Waals surface area contributed by atoms with Gasteiger partial charge < -0.3 is 15.7 Å². The van der Waals surface area contributed by atoms with Gasteiger partial charge in [-0.15, -0.1) is 11.3 Å². The standard InChI is InChI=1S/C20H19F3N4O2S/c1-11(28)12-4-2-5-13(8-12)25-19(29)14-10-24-27-17(20(21,22)23)9-15(26-18(14)27)16-6-3-7-30-16/h2-8,10-11,15,17,26,28H,9H2,1H3,(H,25,29)/t11-,15-,17+/m1/s1. The minimum Gasteiger partial charge on any atom is -0.389 e. The largest absolute Gasteiger partial charge is 0.410 e. The molecule has 0 saturated carbocycles. The molecule has 1 amide bonds. The number of rotatable bonds is 4. The Morgan fingerprint density at radius 1 is 1.37 bits per heavy atom. The average Bonchev–Trinajstić information content (AvgIpc) is 3.36. The molecule has 3 aromatic rings. The zero-order chi connectivity index (χ0) is 21.5. The molecule has 4 rings (SSSR count). The van der Waals surface area contributed by atoms with Crippen LogP contribution in [0.5, 0.6) is 0 Å². The lowest BCUT2D eigenvalue weighted by atomic mass is 10.0. The molecule has 3 atom stereocenters. The molecular weight excluding hydrogens is 417 g/mol. The van der Waals surface area contributed by atoms with Gasteiger partial charge in [-0.1, -0.05) is 18.2 Å². The fourth-order valence-electron chi connectivity index (χ4n) is 3.48. The van der Waals surface area contributed by atoms with Crippen LogP contribution in [0.3, 0.4) is 0 Å². The maximum atomic E-state index is 13.7. The third-order valence-corrected chi connectivity index (χ3v) is 5.98. The minimum absolute atomic E-state index is 0.0213. The van der Waals surface area contributed by atoms with Crippen molar-refractivity contribution in [3.63, 3.8) is 0 Å². The summed E-state index contributed by atoms with van der Waals surface area (Å²) < 4.78 is 41.9. The molecule has 6 nitrogen and oxygen atoms in total. The van der Waals surface area contributed by atoms with Crippen LogP contribution in [0.25, 0.3) is 0 Å². The second kappa shape index (κ2) is 7.77. The summed E-state index contributed by atoms with van der Waals surface area (Å²) in [5, 5.41) is 21.1. The highest BCUT2D eigenvalue weighted by Gasteiger charge is 2.47. The van der Waals surface area contributed by atoms with E-state index < -0.39 is 30.3 Å². The molecular formula is C20H19F3N4O2S. The highest BCUT2D eigenvalue weighted by atomic mass is 32.1. The zero-order valence-electron chi connectivity index (χ0n) is 15.8. The maximum Gasteiger partial charge on any atom is 0.410 e. The number of aliphatic hydroxyl groups excluding tert-OH is 1. The number of alkyl halides is 3. The zero-order valence-corrected chi connectivity index (χ0v) is 16.7. The van der Waals surface area contributed by atoms with E-state index in [9.17, 15) is 23.1 Å². The average molecular weight is 436 g/mol. The number of amides is 1. The molecule has 3 N–H and O–H groups in total. The highest BCUT2D eigenvalue weighted by molar-refractivity contribution is 7.10. The van der Waals surface area contributed by atoms with E-state index in [2.05, 4.69) is 15.7 Å². The molecule has 158 valence electrons. The number of hydrogen-bond acceptors (Lipinski definition) is 5. The van der Waals surface area contributed by atoms with Crippen LogP contribution < -0.4 is 10.6 Å². The normalized spacial score (nSPS) is 19.6. The summed E-state index contributed by atoms with van der Waals surface area (Å²) in [5.41, 5.74) is 1.06. The number of carbonyl (C=O) groups is 1. The van der Waals surface area contributed by atoms with Gasteiger partial charge in [-0.3, -0.25) is 4.79 Å². The molecule has 1 aromatic carbocycles. The second-order valence-electron chi connectivity index (χ2n) is 7.11. The number of hydrogen-bond donors (Lipinski definition) is 3. The summed E-state index contributed by atoms with van der Waals surface area (Å²) in [6, 6.07) is 7.77. The number of benzene rings is 1. The van der Waals surface area contributed by atoms with E-state index in [0.29, 0.717) is 11.3 Å². The number of carbonyl (C=O) groups excluding carboxylic acids is 1. The highest BCUT2D eigenvalue weighted by Crippen LogP contribution is 2.45. The van der Waals surface area contributed by atoms with Gasteiger partial charge in [0, 0.05) is 17.0 Å². The maximum absolute atomic E-state index is 13.7. The molecule has 30 heavy (non-hydrogen) atoms. The first-order valence-electron chi connectivity index (χ1n) is 9.27. The summed E-state index contributed by atoms with van der Waals surface area (Å²) in [6.07, 6.45) is -4.29. The van der Waals surface area contributed by atoms with Crippen molar-refractivity contribution in [3.05, 3.63) is 64.0 Å². The monoisotopic (exact) mass is 436 g/mol. The summed E-state index contributed by atoms with van der Waals surface area (Å²) in [7, 11) is 0. The van der Waals surface area contributed by atoms with Crippen molar-refractivity contribution >= 4 is 28.7 Å². The van der Waals surface area contributed by atoms with Gasteiger partial charge >= 0.3 is 6.18 Å². The summed E-state index contributed by atoms with van der Waals surface area (Å²) >= 11 is 1.36. The Labute approximate surface area is 174 Å². The summed E-state index contributed by atoms with van der Waals surface area (Å²) in [5.74, 6) is -0.551. The fraction of sp³-hybridized carbons (Fsp3) is 0.300. The Morgan fingerprint density at radius 3 is 2.83 bits per heavy atom. The molecule has 3 heterocycles. The lowest BCUT2D eigenvalue weighted by molar-refractivity contribution is -0.173. The van der Waals surface area contributed by atoms with Crippen molar-refractivity contribution in [2.45, 2.75) is 37.7 Å². The second-order valence-corrected chi connectivity index (χ2v) is 8.09. The van der Waals surface area contributed by atoms with Crippen LogP contribution in [-0.4, -0.2) is 27.0 Å². The number of nitrogens with zero attached hydrogens (tertiary/aromatic N) is 2. The predicted molar refractivity (Wildman–Crippen MR) is 108 cm³/mol. The van der Waals surface area contributed by atoms with Crippen LogP contribution in [0, 0.1) is 0 Å². The fourth-order valence-corrected chi connectivity index (χ4v) is 4.27. The van der Waals surface area contributed by atoms with E-state index in [4.69, 9.17) is 0 Å². The Hall–Kier alpha value is -2.85. The van der Waals surface area contributed by atoms with E-state index in [1.807, 2.05) is 0 Å². The SMILES string of the molecule is C[C@@H](O)c1cccc(NC(=O)c2cnn3c2N[C@@H](c2cccs2)C[C@H]3C(F)(F)F)c1. The number of nitrogens with one attached hydrogen (secondary N) is 2. The van der Waals surface area contributed by atoms with Crippen LogP contribution in [0.2, 0.25) is 0 Å².